The van der Waals surface area contributed by atoms with Gasteiger partial charge >= 0.3 is 12.0 Å². The number of nitrogens with zero attached hydrogens (tertiary/aromatic N) is 3. The van der Waals surface area contributed by atoms with Crippen molar-refractivity contribution in [3.63, 3.8) is 0 Å². The van der Waals surface area contributed by atoms with Crippen LogP contribution in [0.1, 0.15) is 22.8 Å². The van der Waals surface area contributed by atoms with E-state index in [-0.39, 0.29) is 11.8 Å². The van der Waals surface area contributed by atoms with Gasteiger partial charge in [0.2, 0.25) is 5.76 Å². The molecule has 0 saturated heterocycles. The van der Waals surface area contributed by atoms with Gasteiger partial charge in [0.05, 0.1) is 7.11 Å². The zero-order valence-corrected chi connectivity index (χ0v) is 15.6. The monoisotopic (exact) mass is 379 g/mol. The number of hydrogen-bond donors (Lipinski definition) is 0. The molecule has 0 N–H and O–H groups in total. The van der Waals surface area contributed by atoms with Gasteiger partial charge in [0.15, 0.2) is 0 Å². The second-order valence-corrected chi connectivity index (χ2v) is 5.89. The van der Waals surface area contributed by atoms with Gasteiger partial charge in [-0.3, -0.25) is 0 Å². The maximum atomic E-state index is 13.9. The zero-order chi connectivity index (χ0) is 20.1. The molecule has 0 bridgehead atoms. The van der Waals surface area contributed by atoms with Gasteiger partial charge in [-0.2, -0.15) is 9.97 Å². The lowest BCUT2D eigenvalue weighted by Gasteiger charge is -2.15. The molecule has 3 rings (SSSR count). The summed E-state index contributed by atoms with van der Waals surface area (Å²) in [6.45, 7) is 3.38. The number of ether oxygens (including phenoxy) is 2. The minimum Gasteiger partial charge on any atom is -0.463 e. The summed E-state index contributed by atoms with van der Waals surface area (Å²) in [5.41, 5.74) is 1.47. The van der Waals surface area contributed by atoms with E-state index in [1.807, 2.05) is 6.07 Å². The van der Waals surface area contributed by atoms with E-state index < -0.39 is 11.8 Å². The van der Waals surface area contributed by atoms with Gasteiger partial charge in [0, 0.05) is 5.57 Å². The third kappa shape index (κ3) is 4.37. The van der Waals surface area contributed by atoms with Crippen molar-refractivity contribution in [2.75, 3.05) is 7.11 Å². The van der Waals surface area contributed by atoms with Crippen LogP contribution in [0.25, 0.3) is 5.57 Å². The van der Waals surface area contributed by atoms with Gasteiger partial charge in [-0.05, 0) is 37.1 Å². The predicted molar refractivity (Wildman–Crippen MR) is 101 cm³/mol. The third-order valence-corrected chi connectivity index (χ3v) is 3.81. The van der Waals surface area contributed by atoms with Crippen LogP contribution in [-0.2, 0) is 9.53 Å². The number of halogens is 1. The van der Waals surface area contributed by atoms with E-state index in [4.69, 9.17) is 9.47 Å². The molecule has 142 valence electrons. The van der Waals surface area contributed by atoms with Crippen LogP contribution in [0, 0.1) is 19.7 Å². The molecular weight excluding hydrogens is 361 g/mol. The average Bonchev–Trinajstić information content (AvgIpc) is 2.67. The molecule has 0 radical (unpaired) electrons. The molecule has 0 aliphatic rings. The highest BCUT2D eigenvalue weighted by Crippen LogP contribution is 2.29. The lowest BCUT2D eigenvalue weighted by Crippen LogP contribution is -2.16. The van der Waals surface area contributed by atoms with Crippen molar-refractivity contribution < 1.29 is 18.7 Å². The highest BCUT2D eigenvalue weighted by Gasteiger charge is 2.23. The normalized spacial score (nSPS) is 11.6. The number of esters is 1. The molecule has 0 atom stereocenters. The van der Waals surface area contributed by atoms with Crippen molar-refractivity contribution in [3.05, 3.63) is 88.9 Å². The molecule has 0 aliphatic heterocycles. The van der Waals surface area contributed by atoms with Crippen LogP contribution >= 0.6 is 0 Å². The molecule has 7 heteroatoms. The molecule has 0 fully saturated rings. The Labute approximate surface area is 161 Å². The smallest absolute Gasteiger partial charge is 0.374 e. The molecule has 0 spiro atoms. The highest BCUT2D eigenvalue weighted by molar-refractivity contribution is 6.00. The Morgan fingerprint density at radius 3 is 2.14 bits per heavy atom. The lowest BCUT2D eigenvalue weighted by atomic mass is 9.96. The van der Waals surface area contributed by atoms with Crippen LogP contribution in [0.2, 0.25) is 0 Å². The van der Waals surface area contributed by atoms with E-state index >= 15 is 0 Å². The molecule has 6 nitrogen and oxygen atoms in total. The predicted octanol–water partition coefficient (Wildman–Crippen LogP) is 3.64. The van der Waals surface area contributed by atoms with Crippen LogP contribution in [0.3, 0.4) is 0 Å². The number of aryl methyl sites for hydroxylation is 2. The molecular formula is C21H18FN3O3. The quantitative estimate of drug-likeness (QED) is 0.383. The SMILES string of the molecule is COC(=O)/C(Oc1nc(C)nc(C)n1)=C(/c1ccccc1)c1cccc(F)c1. The summed E-state index contributed by atoms with van der Waals surface area (Å²) < 4.78 is 24.6. The van der Waals surface area contributed by atoms with Crippen molar-refractivity contribution in [1.29, 1.82) is 0 Å². The summed E-state index contributed by atoms with van der Waals surface area (Å²) in [5.74, 6) is -0.442. The average molecular weight is 379 g/mol. The Balaban J connectivity index is 2.25. The van der Waals surface area contributed by atoms with Gasteiger partial charge in [0.25, 0.3) is 0 Å². The number of aromatic nitrogens is 3. The van der Waals surface area contributed by atoms with Crippen LogP contribution in [0.15, 0.2) is 60.4 Å². The maximum Gasteiger partial charge on any atom is 0.374 e. The van der Waals surface area contributed by atoms with E-state index in [9.17, 15) is 9.18 Å². The fourth-order valence-corrected chi connectivity index (χ4v) is 2.69. The number of carbonyl (C=O) groups is 1. The zero-order valence-electron chi connectivity index (χ0n) is 15.6. The number of rotatable bonds is 5. The van der Waals surface area contributed by atoms with Gasteiger partial charge in [-0.1, -0.05) is 42.5 Å². The first-order valence-corrected chi connectivity index (χ1v) is 8.49. The van der Waals surface area contributed by atoms with Crippen LogP contribution < -0.4 is 4.74 Å². The van der Waals surface area contributed by atoms with E-state index in [1.54, 1.807) is 50.2 Å². The Morgan fingerprint density at radius 1 is 0.893 bits per heavy atom. The number of hydrogen-bond acceptors (Lipinski definition) is 6. The Bertz CT molecular complexity index is 1020. The van der Waals surface area contributed by atoms with E-state index in [0.29, 0.717) is 28.3 Å². The molecule has 0 unspecified atom stereocenters. The summed E-state index contributed by atoms with van der Waals surface area (Å²) in [6.07, 6.45) is 0. The van der Waals surface area contributed by atoms with E-state index in [1.165, 1.54) is 19.2 Å². The first kappa shape index (κ1) is 19.2. The number of methoxy groups -OCH3 is 1. The summed E-state index contributed by atoms with van der Waals surface area (Å²) in [6, 6.07) is 14.9. The third-order valence-electron chi connectivity index (χ3n) is 3.81. The van der Waals surface area contributed by atoms with E-state index in [2.05, 4.69) is 15.0 Å². The number of carbonyl (C=O) groups excluding carboxylic acids is 1. The van der Waals surface area contributed by atoms with Gasteiger partial charge in [-0.25, -0.2) is 14.2 Å². The van der Waals surface area contributed by atoms with Crippen LogP contribution in [-0.4, -0.2) is 28.0 Å². The molecule has 0 saturated carbocycles. The van der Waals surface area contributed by atoms with Crippen molar-refractivity contribution in [2.24, 2.45) is 0 Å². The highest BCUT2D eigenvalue weighted by atomic mass is 19.1. The van der Waals surface area contributed by atoms with Gasteiger partial charge in [-0.15, -0.1) is 0 Å². The largest absolute Gasteiger partial charge is 0.463 e. The molecule has 0 amide bonds. The lowest BCUT2D eigenvalue weighted by molar-refractivity contribution is -0.138. The molecule has 1 aromatic heterocycles. The summed E-state index contributed by atoms with van der Waals surface area (Å²) >= 11 is 0. The fourth-order valence-electron chi connectivity index (χ4n) is 2.69. The maximum absolute atomic E-state index is 13.9. The van der Waals surface area contributed by atoms with Crippen molar-refractivity contribution in [3.8, 4) is 6.01 Å². The molecule has 0 aliphatic carbocycles. The molecule has 2 aromatic carbocycles. The first-order valence-electron chi connectivity index (χ1n) is 8.49. The van der Waals surface area contributed by atoms with Crippen LogP contribution in [0.4, 0.5) is 4.39 Å². The summed E-state index contributed by atoms with van der Waals surface area (Å²) in [4.78, 5) is 24.9. The molecule has 3 aromatic rings. The van der Waals surface area contributed by atoms with Crippen molar-refractivity contribution in [2.45, 2.75) is 13.8 Å². The van der Waals surface area contributed by atoms with Gasteiger partial charge in [0.1, 0.15) is 17.5 Å². The Hall–Kier alpha value is -3.61. The van der Waals surface area contributed by atoms with Crippen molar-refractivity contribution in [1.82, 2.24) is 15.0 Å². The van der Waals surface area contributed by atoms with Crippen molar-refractivity contribution >= 4 is 11.5 Å². The Kier molecular flexibility index (Phi) is 5.74. The summed E-state index contributed by atoms with van der Waals surface area (Å²) in [5, 5.41) is 0. The Morgan fingerprint density at radius 2 is 1.54 bits per heavy atom. The second kappa shape index (κ2) is 8.39. The van der Waals surface area contributed by atoms with E-state index in [0.717, 1.165) is 0 Å². The minimum absolute atomic E-state index is 0.0461. The molecule has 1 heterocycles. The summed E-state index contributed by atoms with van der Waals surface area (Å²) in [7, 11) is 1.24. The minimum atomic E-state index is -0.737. The van der Waals surface area contributed by atoms with Gasteiger partial charge < -0.3 is 9.47 Å². The molecule has 28 heavy (non-hydrogen) atoms. The number of benzene rings is 2. The fraction of sp³-hybridized carbons (Fsp3) is 0.143. The van der Waals surface area contributed by atoms with Crippen LogP contribution in [0.5, 0.6) is 6.01 Å². The standard InChI is InChI=1S/C21H18FN3O3/c1-13-23-14(2)25-21(24-13)28-19(20(26)27-3)18(15-8-5-4-6-9-15)16-10-7-11-17(22)12-16/h4-12H,1-3H3/b19-18+. The first-order chi connectivity index (χ1) is 13.5. The topological polar surface area (TPSA) is 74.2 Å². The second-order valence-electron chi connectivity index (χ2n) is 5.89.